The van der Waals surface area contributed by atoms with Gasteiger partial charge in [0.1, 0.15) is 11.6 Å². The summed E-state index contributed by atoms with van der Waals surface area (Å²) in [6.45, 7) is 6.50. The Labute approximate surface area is 156 Å². The predicted octanol–water partition coefficient (Wildman–Crippen LogP) is 4.84. The molecular formula is C21H44NO3+. The molecular weight excluding hydrogens is 314 g/mol. The van der Waals surface area contributed by atoms with E-state index >= 15 is 0 Å². The number of hydrogen-bond donors (Lipinski definition) is 2. The number of quaternary nitrogens is 1. The summed E-state index contributed by atoms with van der Waals surface area (Å²) in [7, 11) is 6.19. The van der Waals surface area contributed by atoms with Crippen LogP contribution in [0.1, 0.15) is 91.4 Å². The Morgan fingerprint density at radius 2 is 1.44 bits per heavy atom. The molecule has 0 saturated heterocycles. The molecule has 0 fully saturated rings. The molecule has 25 heavy (non-hydrogen) atoms. The Morgan fingerprint density at radius 3 is 1.84 bits per heavy atom. The van der Waals surface area contributed by atoms with Crippen molar-refractivity contribution in [2.45, 2.75) is 103 Å². The molecule has 0 spiro atoms. The van der Waals surface area contributed by atoms with Crippen molar-refractivity contribution in [1.82, 2.24) is 0 Å². The zero-order chi connectivity index (χ0) is 19.5. The molecule has 0 radical (unpaired) electrons. The fourth-order valence-corrected chi connectivity index (χ4v) is 3.90. The van der Waals surface area contributed by atoms with E-state index in [4.69, 9.17) is 0 Å². The highest BCUT2D eigenvalue weighted by atomic mass is 16.4. The summed E-state index contributed by atoms with van der Waals surface area (Å²) in [5, 5.41) is 20.7. The number of carboxylic acid groups (broad SMARTS) is 1. The Kier molecular flexibility index (Phi) is 11.6. The van der Waals surface area contributed by atoms with Crippen molar-refractivity contribution in [2.75, 3.05) is 21.1 Å². The number of carboxylic acids is 1. The van der Waals surface area contributed by atoms with E-state index in [-0.39, 0.29) is 12.5 Å². The van der Waals surface area contributed by atoms with Crippen LogP contribution >= 0.6 is 0 Å². The second-order valence-corrected chi connectivity index (χ2v) is 9.16. The van der Waals surface area contributed by atoms with Gasteiger partial charge >= 0.3 is 5.97 Å². The second-order valence-electron chi connectivity index (χ2n) is 9.16. The van der Waals surface area contributed by atoms with E-state index < -0.39 is 11.6 Å². The standard InChI is InChI=1S/C21H43NO3/c1-7-8-9-10-11-12-13-14-15-21(25,17-20(23)24)19(16-18(2)3)22(4,5)6/h18-19,25H,7-17H2,1-6H3/p+1/t19?,21-/m1/s1. The third-order valence-corrected chi connectivity index (χ3v) is 5.17. The normalized spacial score (nSPS) is 16.0. The van der Waals surface area contributed by atoms with Gasteiger partial charge in [0.15, 0.2) is 0 Å². The van der Waals surface area contributed by atoms with Crippen molar-refractivity contribution < 1.29 is 19.5 Å². The van der Waals surface area contributed by atoms with Crippen molar-refractivity contribution >= 4 is 5.97 Å². The molecule has 0 heterocycles. The molecule has 150 valence electrons. The molecule has 0 amide bonds. The number of rotatable bonds is 15. The van der Waals surface area contributed by atoms with E-state index in [9.17, 15) is 15.0 Å². The summed E-state index contributed by atoms with van der Waals surface area (Å²) in [4.78, 5) is 11.4. The largest absolute Gasteiger partial charge is 0.481 e. The lowest BCUT2D eigenvalue weighted by molar-refractivity contribution is -0.904. The summed E-state index contributed by atoms with van der Waals surface area (Å²) in [6, 6.07) is -0.0619. The molecule has 0 aliphatic carbocycles. The van der Waals surface area contributed by atoms with Crippen LogP contribution in [0.2, 0.25) is 0 Å². The number of hydrogen-bond acceptors (Lipinski definition) is 2. The zero-order valence-corrected chi connectivity index (χ0v) is 17.7. The Hall–Kier alpha value is -0.610. The van der Waals surface area contributed by atoms with Crippen LogP contribution in [-0.4, -0.2) is 53.5 Å². The number of nitrogens with zero attached hydrogens (tertiary/aromatic N) is 1. The highest BCUT2D eigenvalue weighted by molar-refractivity contribution is 5.68. The molecule has 4 heteroatoms. The van der Waals surface area contributed by atoms with Gasteiger partial charge in [-0.3, -0.25) is 4.79 Å². The third-order valence-electron chi connectivity index (χ3n) is 5.17. The lowest BCUT2D eigenvalue weighted by atomic mass is 9.79. The maximum Gasteiger partial charge on any atom is 0.306 e. The quantitative estimate of drug-likeness (QED) is 0.325. The van der Waals surface area contributed by atoms with Crippen LogP contribution in [0.3, 0.4) is 0 Å². The second kappa shape index (κ2) is 11.9. The number of carbonyl (C=O) groups is 1. The van der Waals surface area contributed by atoms with Crippen molar-refractivity contribution in [1.29, 1.82) is 0 Å². The Morgan fingerprint density at radius 1 is 0.960 bits per heavy atom. The summed E-state index contributed by atoms with van der Waals surface area (Å²) in [5.74, 6) is -0.467. The van der Waals surface area contributed by atoms with Gasteiger partial charge in [-0.15, -0.1) is 0 Å². The van der Waals surface area contributed by atoms with Gasteiger partial charge in [0.25, 0.3) is 0 Å². The van der Waals surface area contributed by atoms with Crippen LogP contribution in [0.15, 0.2) is 0 Å². The number of unbranched alkanes of at least 4 members (excludes halogenated alkanes) is 7. The molecule has 0 bridgehead atoms. The fraction of sp³-hybridized carbons (Fsp3) is 0.952. The van der Waals surface area contributed by atoms with Gasteiger partial charge in [-0.1, -0.05) is 72.1 Å². The van der Waals surface area contributed by atoms with Gasteiger partial charge < -0.3 is 14.7 Å². The molecule has 2 N–H and O–H groups in total. The van der Waals surface area contributed by atoms with Crippen molar-refractivity contribution in [3.8, 4) is 0 Å². The molecule has 0 aliphatic rings. The van der Waals surface area contributed by atoms with E-state index in [1.807, 2.05) is 0 Å². The number of likely N-dealkylation sites (N-methyl/N-ethyl adjacent to an activating group) is 1. The van der Waals surface area contributed by atoms with Crippen molar-refractivity contribution in [3.05, 3.63) is 0 Å². The molecule has 0 rings (SSSR count). The van der Waals surface area contributed by atoms with Crippen LogP contribution in [-0.2, 0) is 4.79 Å². The summed E-state index contributed by atoms with van der Waals surface area (Å²) in [6.07, 6.45) is 10.9. The van der Waals surface area contributed by atoms with Crippen LogP contribution in [0.25, 0.3) is 0 Å². The molecule has 0 aromatic heterocycles. The lowest BCUT2D eigenvalue weighted by Crippen LogP contribution is -2.60. The Bertz CT molecular complexity index is 363. The zero-order valence-electron chi connectivity index (χ0n) is 17.7. The lowest BCUT2D eigenvalue weighted by Gasteiger charge is -2.45. The molecule has 4 nitrogen and oxygen atoms in total. The molecule has 0 aromatic carbocycles. The van der Waals surface area contributed by atoms with Crippen LogP contribution in [0, 0.1) is 5.92 Å². The molecule has 0 aromatic rings. The number of aliphatic hydroxyl groups is 1. The van der Waals surface area contributed by atoms with Crippen LogP contribution in [0.4, 0.5) is 0 Å². The molecule has 1 unspecified atom stereocenters. The van der Waals surface area contributed by atoms with Crippen LogP contribution in [0.5, 0.6) is 0 Å². The van der Waals surface area contributed by atoms with Crippen molar-refractivity contribution in [3.63, 3.8) is 0 Å². The molecule has 2 atom stereocenters. The first-order chi connectivity index (χ1) is 11.5. The van der Waals surface area contributed by atoms with Crippen LogP contribution < -0.4 is 0 Å². The maximum atomic E-state index is 11.4. The van der Waals surface area contributed by atoms with E-state index in [1.165, 1.54) is 38.5 Å². The van der Waals surface area contributed by atoms with Crippen molar-refractivity contribution in [2.24, 2.45) is 5.92 Å². The van der Waals surface area contributed by atoms with E-state index in [2.05, 4.69) is 41.9 Å². The first-order valence-electron chi connectivity index (χ1n) is 10.3. The fourth-order valence-electron chi connectivity index (χ4n) is 3.90. The van der Waals surface area contributed by atoms with E-state index in [0.717, 1.165) is 19.3 Å². The SMILES string of the molecule is CCCCCCCCCC[C@@](O)(CC(=O)O)C(CC(C)C)[N+](C)(C)C. The van der Waals surface area contributed by atoms with Gasteiger partial charge in [0.05, 0.1) is 27.6 Å². The topological polar surface area (TPSA) is 57.5 Å². The summed E-state index contributed by atoms with van der Waals surface area (Å²) < 4.78 is 0.596. The average molecular weight is 359 g/mol. The minimum atomic E-state index is -1.13. The summed E-state index contributed by atoms with van der Waals surface area (Å²) in [5.41, 5.74) is -1.13. The minimum Gasteiger partial charge on any atom is -0.481 e. The van der Waals surface area contributed by atoms with Gasteiger partial charge in [-0.05, 0) is 12.3 Å². The predicted molar refractivity (Wildman–Crippen MR) is 106 cm³/mol. The average Bonchev–Trinajstić information content (AvgIpc) is 2.45. The molecule has 0 aliphatic heterocycles. The monoisotopic (exact) mass is 358 g/mol. The van der Waals surface area contributed by atoms with Gasteiger partial charge in [-0.2, -0.15) is 0 Å². The number of aliphatic carboxylic acids is 1. The van der Waals surface area contributed by atoms with E-state index in [0.29, 0.717) is 16.8 Å². The van der Waals surface area contributed by atoms with Gasteiger partial charge in [0, 0.05) is 6.42 Å². The van der Waals surface area contributed by atoms with Gasteiger partial charge in [-0.25, -0.2) is 0 Å². The first-order valence-corrected chi connectivity index (χ1v) is 10.3. The smallest absolute Gasteiger partial charge is 0.306 e. The van der Waals surface area contributed by atoms with Gasteiger partial charge in [0.2, 0.25) is 0 Å². The highest BCUT2D eigenvalue weighted by Crippen LogP contribution is 2.33. The molecule has 0 saturated carbocycles. The van der Waals surface area contributed by atoms with E-state index in [1.54, 1.807) is 0 Å². The summed E-state index contributed by atoms with van der Waals surface area (Å²) >= 11 is 0. The maximum absolute atomic E-state index is 11.4. The minimum absolute atomic E-state index is 0.0619. The highest BCUT2D eigenvalue weighted by Gasteiger charge is 2.46. The Balaban J connectivity index is 4.70. The third kappa shape index (κ3) is 10.9. The first kappa shape index (κ1) is 24.4.